The monoisotopic (exact) mass is 418 g/mol. The lowest BCUT2D eigenvalue weighted by atomic mass is 9.95. The zero-order valence-electron chi connectivity index (χ0n) is 19.2. The van der Waals surface area contributed by atoms with E-state index in [1.54, 1.807) is 0 Å². The summed E-state index contributed by atoms with van der Waals surface area (Å²) in [6.07, 6.45) is 5.10. The predicted molar refractivity (Wildman–Crippen MR) is 128 cm³/mol. The van der Waals surface area contributed by atoms with Crippen molar-refractivity contribution in [2.75, 3.05) is 24.5 Å². The molecule has 4 rings (SSSR count). The summed E-state index contributed by atoms with van der Waals surface area (Å²) in [6, 6.07) is 12.7. The van der Waals surface area contributed by atoms with Gasteiger partial charge in [-0.3, -0.25) is 4.79 Å². The van der Waals surface area contributed by atoms with E-state index >= 15 is 0 Å². The largest absolute Gasteiger partial charge is 0.371 e. The fourth-order valence-electron chi connectivity index (χ4n) is 4.49. The van der Waals surface area contributed by atoms with E-state index in [9.17, 15) is 4.79 Å². The molecule has 3 aromatic rings. The Kier molecular flexibility index (Phi) is 6.30. The van der Waals surface area contributed by atoms with Gasteiger partial charge in [-0.15, -0.1) is 0 Å². The van der Waals surface area contributed by atoms with Gasteiger partial charge in [-0.25, -0.2) is 4.98 Å². The Labute approximate surface area is 185 Å². The number of hydrogen-bond acceptors (Lipinski definition) is 3. The summed E-state index contributed by atoms with van der Waals surface area (Å²) in [5.74, 6) is 0.869. The highest BCUT2D eigenvalue weighted by molar-refractivity contribution is 5.80. The highest BCUT2D eigenvalue weighted by atomic mass is 16.1. The lowest BCUT2D eigenvalue weighted by molar-refractivity contribution is -0.125. The number of nitrogens with one attached hydrogen (secondary N) is 1. The van der Waals surface area contributed by atoms with Crippen LogP contribution in [0.3, 0.4) is 0 Å². The van der Waals surface area contributed by atoms with Crippen molar-refractivity contribution in [3.8, 4) is 11.3 Å². The van der Waals surface area contributed by atoms with Gasteiger partial charge in [0, 0.05) is 42.8 Å². The molecule has 1 saturated heterocycles. The van der Waals surface area contributed by atoms with Gasteiger partial charge in [0.25, 0.3) is 0 Å². The number of imidazole rings is 1. The van der Waals surface area contributed by atoms with Gasteiger partial charge in [0.2, 0.25) is 5.91 Å². The molecule has 3 heterocycles. The van der Waals surface area contributed by atoms with Gasteiger partial charge in [-0.1, -0.05) is 26.0 Å². The second-order valence-corrected chi connectivity index (χ2v) is 9.23. The molecule has 0 bridgehead atoms. The summed E-state index contributed by atoms with van der Waals surface area (Å²) < 4.78 is 2.14. The third-order valence-corrected chi connectivity index (χ3v) is 6.42. The van der Waals surface area contributed by atoms with E-state index in [0.29, 0.717) is 5.92 Å². The first-order valence-corrected chi connectivity index (χ1v) is 11.5. The number of aryl methyl sites for hydroxylation is 2. The molecule has 0 saturated carbocycles. The molecular formula is C26H34N4O. The van der Waals surface area contributed by atoms with Gasteiger partial charge in [-0.05, 0) is 68.9 Å². The standard InChI is InChI=1S/C26H34N4O/c1-18(2)12-13-27-26(31)21-8-7-14-29(17-21)22-11-10-19(3)23(16-22)25-20(4)30-15-6-5-9-24(30)28-25/h5-6,9-11,15-16,18,21H,7-8,12-14,17H2,1-4H3,(H,27,31). The van der Waals surface area contributed by atoms with Crippen LogP contribution in [0.4, 0.5) is 5.69 Å². The van der Waals surface area contributed by atoms with E-state index in [4.69, 9.17) is 4.98 Å². The normalized spacial score (nSPS) is 16.8. The summed E-state index contributed by atoms with van der Waals surface area (Å²) in [4.78, 5) is 20.0. The molecule has 1 aromatic carbocycles. The predicted octanol–water partition coefficient (Wildman–Crippen LogP) is 5.00. The molecule has 5 heteroatoms. The summed E-state index contributed by atoms with van der Waals surface area (Å²) in [5, 5.41) is 3.15. The number of carbonyl (C=O) groups is 1. The molecule has 1 fully saturated rings. The topological polar surface area (TPSA) is 49.6 Å². The second kappa shape index (κ2) is 9.13. The van der Waals surface area contributed by atoms with Crippen LogP contribution in [0.15, 0.2) is 42.6 Å². The third-order valence-electron chi connectivity index (χ3n) is 6.42. The number of nitrogens with zero attached hydrogens (tertiary/aromatic N) is 3. The number of fused-ring (bicyclic) bond motifs is 1. The van der Waals surface area contributed by atoms with Crippen LogP contribution in [0.2, 0.25) is 0 Å². The molecule has 164 valence electrons. The van der Waals surface area contributed by atoms with Gasteiger partial charge in [0.15, 0.2) is 0 Å². The summed E-state index contributed by atoms with van der Waals surface area (Å²) in [7, 11) is 0. The van der Waals surface area contributed by atoms with Crippen LogP contribution in [-0.4, -0.2) is 34.9 Å². The molecule has 1 N–H and O–H groups in total. The molecule has 1 amide bonds. The molecule has 1 atom stereocenters. The first-order valence-electron chi connectivity index (χ1n) is 11.5. The fourth-order valence-corrected chi connectivity index (χ4v) is 4.49. The SMILES string of the molecule is Cc1ccc(N2CCCC(C(=O)NCCC(C)C)C2)cc1-c1nc2ccccn2c1C. The minimum absolute atomic E-state index is 0.0580. The maximum atomic E-state index is 12.7. The highest BCUT2D eigenvalue weighted by Crippen LogP contribution is 2.32. The second-order valence-electron chi connectivity index (χ2n) is 9.23. The molecule has 1 aliphatic heterocycles. The van der Waals surface area contributed by atoms with Crippen LogP contribution < -0.4 is 10.2 Å². The zero-order valence-corrected chi connectivity index (χ0v) is 19.2. The summed E-state index contributed by atoms with van der Waals surface area (Å²) in [6.45, 7) is 11.2. The number of rotatable bonds is 6. The maximum absolute atomic E-state index is 12.7. The van der Waals surface area contributed by atoms with E-state index in [1.165, 1.54) is 16.8 Å². The van der Waals surface area contributed by atoms with Gasteiger partial charge in [-0.2, -0.15) is 0 Å². The van der Waals surface area contributed by atoms with E-state index in [1.807, 2.05) is 18.2 Å². The molecule has 1 unspecified atom stereocenters. The number of carbonyl (C=O) groups excluding carboxylic acids is 1. The van der Waals surface area contributed by atoms with E-state index in [2.05, 4.69) is 66.7 Å². The van der Waals surface area contributed by atoms with Crippen molar-refractivity contribution < 1.29 is 4.79 Å². The number of aromatic nitrogens is 2. The molecule has 0 radical (unpaired) electrons. The van der Waals surface area contributed by atoms with E-state index in [0.717, 1.165) is 55.9 Å². The van der Waals surface area contributed by atoms with Gasteiger partial charge in [0.1, 0.15) is 5.65 Å². The number of anilines is 1. The van der Waals surface area contributed by atoms with E-state index < -0.39 is 0 Å². The van der Waals surface area contributed by atoms with Gasteiger partial charge in [0.05, 0.1) is 11.6 Å². The van der Waals surface area contributed by atoms with Crippen LogP contribution in [0.25, 0.3) is 16.9 Å². The van der Waals surface area contributed by atoms with Crippen molar-refractivity contribution in [2.24, 2.45) is 11.8 Å². The van der Waals surface area contributed by atoms with Crippen molar-refractivity contribution in [3.63, 3.8) is 0 Å². The van der Waals surface area contributed by atoms with Crippen LogP contribution in [0.5, 0.6) is 0 Å². The number of amides is 1. The Morgan fingerprint density at radius 2 is 2.06 bits per heavy atom. The molecule has 1 aliphatic rings. The zero-order chi connectivity index (χ0) is 22.0. The lowest BCUT2D eigenvalue weighted by Crippen LogP contribution is -2.43. The average molecular weight is 419 g/mol. The van der Waals surface area contributed by atoms with Crippen molar-refractivity contribution in [1.82, 2.24) is 14.7 Å². The minimum Gasteiger partial charge on any atom is -0.371 e. The van der Waals surface area contributed by atoms with Crippen molar-refractivity contribution in [1.29, 1.82) is 0 Å². The molecule has 5 nitrogen and oxygen atoms in total. The first-order chi connectivity index (χ1) is 14.9. The Morgan fingerprint density at radius 3 is 2.84 bits per heavy atom. The van der Waals surface area contributed by atoms with Crippen molar-refractivity contribution in [2.45, 2.75) is 47.0 Å². The molecular weight excluding hydrogens is 384 g/mol. The van der Waals surface area contributed by atoms with Gasteiger partial charge < -0.3 is 14.6 Å². The Morgan fingerprint density at radius 1 is 1.23 bits per heavy atom. The highest BCUT2D eigenvalue weighted by Gasteiger charge is 2.26. The third kappa shape index (κ3) is 4.60. The molecule has 2 aromatic heterocycles. The van der Waals surface area contributed by atoms with Crippen LogP contribution >= 0.6 is 0 Å². The van der Waals surface area contributed by atoms with Crippen LogP contribution in [-0.2, 0) is 4.79 Å². The van der Waals surface area contributed by atoms with E-state index in [-0.39, 0.29) is 11.8 Å². The average Bonchev–Trinajstić information content (AvgIpc) is 3.10. The number of pyridine rings is 1. The Balaban J connectivity index is 1.55. The Bertz CT molecular complexity index is 1070. The fraction of sp³-hybridized carbons (Fsp3) is 0.462. The van der Waals surface area contributed by atoms with Gasteiger partial charge >= 0.3 is 0 Å². The first kappa shape index (κ1) is 21.4. The quantitative estimate of drug-likeness (QED) is 0.613. The summed E-state index contributed by atoms with van der Waals surface area (Å²) in [5.41, 5.74) is 6.72. The minimum atomic E-state index is 0.0580. The molecule has 0 aliphatic carbocycles. The molecule has 31 heavy (non-hydrogen) atoms. The van der Waals surface area contributed by atoms with Crippen LogP contribution in [0.1, 0.15) is 44.4 Å². The van der Waals surface area contributed by atoms with Crippen molar-refractivity contribution >= 4 is 17.2 Å². The Hall–Kier alpha value is -2.82. The maximum Gasteiger partial charge on any atom is 0.224 e. The molecule has 0 spiro atoms. The summed E-state index contributed by atoms with van der Waals surface area (Å²) >= 11 is 0. The van der Waals surface area contributed by atoms with Crippen molar-refractivity contribution in [3.05, 3.63) is 53.9 Å². The van der Waals surface area contributed by atoms with Crippen LogP contribution in [0, 0.1) is 25.7 Å². The lowest BCUT2D eigenvalue weighted by Gasteiger charge is -2.34. The number of piperidine rings is 1. The number of benzene rings is 1. The smallest absolute Gasteiger partial charge is 0.224 e. The number of hydrogen-bond donors (Lipinski definition) is 1.